The van der Waals surface area contributed by atoms with Crippen LogP contribution in [0.15, 0.2) is 64.4 Å². The molecule has 0 saturated heterocycles. The van der Waals surface area contributed by atoms with E-state index >= 15 is 0 Å². The molecule has 0 aliphatic carbocycles. The van der Waals surface area contributed by atoms with Crippen LogP contribution >= 0.6 is 0 Å². The molecule has 0 saturated carbocycles. The number of nitrogens with zero attached hydrogens (tertiary/aromatic N) is 4. The van der Waals surface area contributed by atoms with Crippen LogP contribution in [0.5, 0.6) is 0 Å². The van der Waals surface area contributed by atoms with E-state index in [0.29, 0.717) is 35.9 Å². The second kappa shape index (κ2) is 8.61. The first-order chi connectivity index (χ1) is 15.3. The molecule has 166 valence electrons. The molecule has 6 nitrogen and oxygen atoms in total. The minimum absolute atomic E-state index is 0.155. The van der Waals surface area contributed by atoms with E-state index in [-0.39, 0.29) is 17.2 Å². The lowest BCUT2D eigenvalue weighted by Crippen LogP contribution is -2.41. The van der Waals surface area contributed by atoms with Crippen LogP contribution in [0.2, 0.25) is 0 Å². The zero-order valence-corrected chi connectivity index (χ0v) is 19.4. The van der Waals surface area contributed by atoms with Gasteiger partial charge >= 0.3 is 5.69 Å². The maximum Gasteiger partial charge on any atom is 0.337 e. The topological polar surface area (TPSA) is 61.8 Å². The number of hydrogen-bond acceptors (Lipinski definition) is 3. The second-order valence-corrected chi connectivity index (χ2v) is 9.14. The van der Waals surface area contributed by atoms with Crippen molar-refractivity contribution in [1.82, 2.24) is 18.7 Å². The smallest absolute Gasteiger partial charge is 0.320 e. The van der Waals surface area contributed by atoms with Gasteiger partial charge in [-0.1, -0.05) is 64.1 Å². The van der Waals surface area contributed by atoms with E-state index in [4.69, 9.17) is 0 Å². The predicted octanol–water partition coefficient (Wildman–Crippen LogP) is 4.49. The van der Waals surface area contributed by atoms with Crippen molar-refractivity contribution in [3.8, 4) is 5.69 Å². The minimum atomic E-state index is -0.352. The summed E-state index contributed by atoms with van der Waals surface area (Å²) in [6.45, 7) is 11.2. The first-order valence-corrected chi connectivity index (χ1v) is 11.1. The minimum Gasteiger partial charge on any atom is -0.320 e. The lowest BCUT2D eigenvalue weighted by atomic mass is 10.0. The quantitative estimate of drug-likeness (QED) is 0.453. The summed E-state index contributed by atoms with van der Waals surface area (Å²) in [6.07, 6.45) is 1.66. The first-order valence-electron chi connectivity index (χ1n) is 11.1. The summed E-state index contributed by atoms with van der Waals surface area (Å²) in [7, 11) is 0. The number of aromatic nitrogens is 4. The molecule has 32 heavy (non-hydrogen) atoms. The Bertz CT molecular complexity index is 1370. The van der Waals surface area contributed by atoms with Crippen molar-refractivity contribution < 1.29 is 0 Å². The van der Waals surface area contributed by atoms with Gasteiger partial charge in [-0.15, -0.1) is 0 Å². The van der Waals surface area contributed by atoms with Gasteiger partial charge in [0.2, 0.25) is 0 Å². The maximum absolute atomic E-state index is 13.5. The lowest BCUT2D eigenvalue weighted by molar-refractivity contribution is 0.489. The van der Waals surface area contributed by atoms with Crippen molar-refractivity contribution in [2.75, 3.05) is 0 Å². The number of aryl methyl sites for hydroxylation is 1. The monoisotopic (exact) mass is 430 g/mol. The number of fused-ring (bicyclic) bond motifs is 1. The summed E-state index contributed by atoms with van der Waals surface area (Å²) in [6, 6.07) is 16.0. The van der Waals surface area contributed by atoms with Crippen LogP contribution in [0, 0.1) is 12.8 Å². The SMILES string of the molecule is Cc1ccccc1Cn1cnc2c1c(=O)n(CC(C)C)c(=O)n2-c1ccc(C(C)C)cc1. The van der Waals surface area contributed by atoms with Crippen LogP contribution in [0.1, 0.15) is 50.3 Å². The van der Waals surface area contributed by atoms with Crippen LogP contribution in [-0.2, 0) is 13.1 Å². The Morgan fingerprint density at radius 1 is 0.938 bits per heavy atom. The standard InChI is InChI=1S/C26H30N4O2/c1-17(2)14-29-25(31)23-24(27-16-28(23)15-21-9-7-6-8-19(21)5)30(26(29)32)22-12-10-20(11-13-22)18(3)4/h6-13,16-18H,14-15H2,1-5H3. The van der Waals surface area contributed by atoms with Gasteiger partial charge in [0.25, 0.3) is 5.56 Å². The van der Waals surface area contributed by atoms with E-state index in [1.54, 1.807) is 10.9 Å². The van der Waals surface area contributed by atoms with Crippen LogP contribution in [0.25, 0.3) is 16.9 Å². The highest BCUT2D eigenvalue weighted by molar-refractivity contribution is 5.72. The second-order valence-electron chi connectivity index (χ2n) is 9.14. The maximum atomic E-state index is 13.5. The molecule has 2 aromatic carbocycles. The first kappa shape index (κ1) is 21.8. The van der Waals surface area contributed by atoms with Crippen molar-refractivity contribution in [3.05, 3.63) is 92.4 Å². The molecule has 0 fully saturated rings. The Morgan fingerprint density at radius 2 is 1.62 bits per heavy atom. The Balaban J connectivity index is 1.97. The number of benzene rings is 2. The zero-order valence-electron chi connectivity index (χ0n) is 19.4. The van der Waals surface area contributed by atoms with E-state index in [9.17, 15) is 9.59 Å². The van der Waals surface area contributed by atoms with E-state index in [0.717, 1.165) is 11.1 Å². The molecule has 0 aliphatic heterocycles. The number of imidazole rings is 1. The van der Waals surface area contributed by atoms with Crippen LogP contribution in [0.4, 0.5) is 0 Å². The molecule has 2 heterocycles. The molecule has 0 unspecified atom stereocenters. The highest BCUT2D eigenvalue weighted by Gasteiger charge is 2.20. The third kappa shape index (κ3) is 3.93. The molecule has 6 heteroatoms. The van der Waals surface area contributed by atoms with Crippen molar-refractivity contribution >= 4 is 11.2 Å². The Labute approximate surface area is 187 Å². The molecule has 0 spiro atoms. The Kier molecular flexibility index (Phi) is 5.87. The zero-order chi connectivity index (χ0) is 23.0. The molecule has 0 atom stereocenters. The van der Waals surface area contributed by atoms with Gasteiger partial charge in [0, 0.05) is 13.1 Å². The average Bonchev–Trinajstić information content (AvgIpc) is 3.16. The van der Waals surface area contributed by atoms with E-state index in [1.165, 1.54) is 10.1 Å². The summed E-state index contributed by atoms with van der Waals surface area (Å²) >= 11 is 0. The van der Waals surface area contributed by atoms with E-state index in [1.807, 2.05) is 54.8 Å². The Hall–Kier alpha value is -3.41. The fourth-order valence-electron chi connectivity index (χ4n) is 4.04. The fraction of sp³-hybridized carbons (Fsp3) is 0.346. The van der Waals surface area contributed by atoms with Crippen molar-refractivity contribution in [3.63, 3.8) is 0 Å². The Morgan fingerprint density at radius 3 is 2.25 bits per heavy atom. The fourth-order valence-corrected chi connectivity index (χ4v) is 4.04. The molecule has 0 amide bonds. The molecule has 2 aromatic heterocycles. The van der Waals surface area contributed by atoms with Crippen LogP contribution < -0.4 is 11.2 Å². The number of rotatable bonds is 6. The molecule has 0 aliphatic rings. The highest BCUT2D eigenvalue weighted by atomic mass is 16.2. The molecule has 4 aromatic rings. The van der Waals surface area contributed by atoms with E-state index in [2.05, 4.69) is 37.9 Å². The van der Waals surface area contributed by atoms with Gasteiger partial charge in [-0.3, -0.25) is 9.36 Å². The van der Waals surface area contributed by atoms with E-state index < -0.39 is 0 Å². The highest BCUT2D eigenvalue weighted by Crippen LogP contribution is 2.19. The molecule has 0 bridgehead atoms. The van der Waals surface area contributed by atoms with Crippen LogP contribution in [-0.4, -0.2) is 18.7 Å². The molecular weight excluding hydrogens is 400 g/mol. The molecule has 0 radical (unpaired) electrons. The summed E-state index contributed by atoms with van der Waals surface area (Å²) in [5.74, 6) is 0.548. The summed E-state index contributed by atoms with van der Waals surface area (Å²) < 4.78 is 4.77. The molecule has 4 rings (SSSR count). The van der Waals surface area contributed by atoms with Crippen molar-refractivity contribution in [1.29, 1.82) is 0 Å². The summed E-state index contributed by atoms with van der Waals surface area (Å²) in [5, 5.41) is 0. The van der Waals surface area contributed by atoms with Gasteiger partial charge in [0.05, 0.1) is 12.0 Å². The lowest BCUT2D eigenvalue weighted by Gasteiger charge is -2.15. The summed E-state index contributed by atoms with van der Waals surface area (Å²) in [5.41, 5.74) is 4.36. The van der Waals surface area contributed by atoms with Crippen molar-refractivity contribution in [2.45, 2.75) is 53.6 Å². The molecular formula is C26H30N4O2. The van der Waals surface area contributed by atoms with Gasteiger partial charge in [-0.2, -0.15) is 0 Å². The van der Waals surface area contributed by atoms with Crippen LogP contribution in [0.3, 0.4) is 0 Å². The van der Waals surface area contributed by atoms with Gasteiger partial charge in [0.15, 0.2) is 11.2 Å². The van der Waals surface area contributed by atoms with Gasteiger partial charge < -0.3 is 4.57 Å². The van der Waals surface area contributed by atoms with Gasteiger partial charge in [-0.05, 0) is 47.6 Å². The third-order valence-electron chi connectivity index (χ3n) is 5.87. The van der Waals surface area contributed by atoms with Gasteiger partial charge in [0.1, 0.15) is 0 Å². The largest absolute Gasteiger partial charge is 0.337 e. The normalized spacial score (nSPS) is 11.7. The third-order valence-corrected chi connectivity index (χ3v) is 5.87. The average molecular weight is 431 g/mol. The predicted molar refractivity (Wildman–Crippen MR) is 129 cm³/mol. The number of hydrogen-bond donors (Lipinski definition) is 0. The summed E-state index contributed by atoms with van der Waals surface area (Å²) in [4.78, 5) is 31.4. The molecule has 0 N–H and O–H groups in total. The van der Waals surface area contributed by atoms with Crippen molar-refractivity contribution in [2.24, 2.45) is 5.92 Å². The van der Waals surface area contributed by atoms with Gasteiger partial charge in [-0.25, -0.2) is 14.3 Å².